The Morgan fingerprint density at radius 2 is 1.76 bits per heavy atom. The molecule has 2 atom stereocenters. The minimum atomic E-state index is -0.705. The van der Waals surface area contributed by atoms with Crippen LogP contribution in [0.15, 0.2) is 11.0 Å². The number of hydrogen-bond donors (Lipinski definition) is 2. The molecule has 2 N–H and O–H groups in total. The van der Waals surface area contributed by atoms with Crippen molar-refractivity contribution in [3.63, 3.8) is 0 Å². The highest BCUT2D eigenvalue weighted by Crippen LogP contribution is 2.35. The quantitative estimate of drug-likeness (QED) is 0.250. The van der Waals surface area contributed by atoms with Gasteiger partial charge >= 0.3 is 11.7 Å². The van der Waals surface area contributed by atoms with Crippen LogP contribution < -0.4 is 5.69 Å². The van der Waals surface area contributed by atoms with Gasteiger partial charge in [0.2, 0.25) is 5.88 Å². The molecular formula is C26H48N2O5. The summed E-state index contributed by atoms with van der Waals surface area (Å²) in [5, 5.41) is 19.2. The number of hydrogen-bond acceptors (Lipinski definition) is 4. The van der Waals surface area contributed by atoms with Crippen LogP contribution in [-0.2, 0) is 22.6 Å². The second-order valence-electron chi connectivity index (χ2n) is 9.51. The summed E-state index contributed by atoms with van der Waals surface area (Å²) >= 11 is 0. The molecule has 0 bridgehead atoms. The third-order valence-corrected chi connectivity index (χ3v) is 7.45. The highest BCUT2D eigenvalue weighted by atomic mass is 16.5. The molecule has 0 amide bonds. The molecule has 192 valence electrons. The number of carbonyl (C=O) groups is 1. The average molecular weight is 469 g/mol. The maximum absolute atomic E-state index is 12.5. The smallest absolute Gasteiger partial charge is 0.331 e. The van der Waals surface area contributed by atoms with E-state index in [1.165, 1.54) is 10.8 Å². The van der Waals surface area contributed by atoms with Crippen LogP contribution in [0.3, 0.4) is 0 Å². The number of carboxylic acid groups (broad SMARTS) is 1. The third-order valence-electron chi connectivity index (χ3n) is 7.45. The standard InChI is InChI=1S/C26H48N2O5/c1-6-21(18-24(30)31)14-13-15-22(7-2)33-17-12-11-16-26(8-3,9-4)20-28-23(29)19-27(10-5)25(28)32/h19,21-22,29H,6-18,20H2,1-5H3,(H,30,31). The summed E-state index contributed by atoms with van der Waals surface area (Å²) in [5.41, 5.74) is -0.144. The zero-order valence-electron chi connectivity index (χ0n) is 21.6. The summed E-state index contributed by atoms with van der Waals surface area (Å²) in [6, 6.07) is 0. The molecular weight excluding hydrogens is 420 g/mol. The van der Waals surface area contributed by atoms with Gasteiger partial charge in [0.05, 0.1) is 12.3 Å². The maximum atomic E-state index is 12.5. The van der Waals surface area contributed by atoms with Gasteiger partial charge in [0, 0.05) is 26.1 Å². The van der Waals surface area contributed by atoms with E-state index in [0.717, 1.165) is 70.8 Å². The van der Waals surface area contributed by atoms with Crippen molar-refractivity contribution in [1.82, 2.24) is 9.13 Å². The molecule has 0 saturated carbocycles. The molecule has 1 aromatic heterocycles. The number of aromatic hydroxyl groups is 1. The number of unbranched alkanes of at least 4 members (excludes halogenated alkanes) is 1. The molecule has 1 heterocycles. The van der Waals surface area contributed by atoms with E-state index >= 15 is 0 Å². The van der Waals surface area contributed by atoms with Gasteiger partial charge in [-0.25, -0.2) is 4.79 Å². The molecule has 0 radical (unpaired) electrons. The van der Waals surface area contributed by atoms with Crippen molar-refractivity contribution in [2.75, 3.05) is 6.61 Å². The van der Waals surface area contributed by atoms with Crippen LogP contribution >= 0.6 is 0 Å². The highest BCUT2D eigenvalue weighted by Gasteiger charge is 2.28. The van der Waals surface area contributed by atoms with Gasteiger partial charge in [-0.3, -0.25) is 13.9 Å². The lowest BCUT2D eigenvalue weighted by molar-refractivity contribution is -0.138. The van der Waals surface area contributed by atoms with Crippen molar-refractivity contribution < 1.29 is 19.7 Å². The monoisotopic (exact) mass is 468 g/mol. The Hall–Kier alpha value is -1.76. The van der Waals surface area contributed by atoms with Crippen molar-refractivity contribution in [2.45, 2.75) is 124 Å². The molecule has 7 nitrogen and oxygen atoms in total. The first-order chi connectivity index (χ1) is 15.7. The van der Waals surface area contributed by atoms with E-state index in [-0.39, 0.29) is 35.4 Å². The second kappa shape index (κ2) is 15.2. The lowest BCUT2D eigenvalue weighted by atomic mass is 9.77. The van der Waals surface area contributed by atoms with Crippen molar-refractivity contribution >= 4 is 5.97 Å². The van der Waals surface area contributed by atoms with Gasteiger partial charge in [0.15, 0.2) is 0 Å². The fraction of sp³-hybridized carbons (Fsp3) is 0.846. The van der Waals surface area contributed by atoms with Gasteiger partial charge in [0.25, 0.3) is 0 Å². The Bertz CT molecular complexity index is 736. The van der Waals surface area contributed by atoms with Gasteiger partial charge in [-0.05, 0) is 63.2 Å². The van der Waals surface area contributed by atoms with Crippen molar-refractivity contribution in [3.8, 4) is 5.88 Å². The maximum Gasteiger partial charge on any atom is 0.331 e. The van der Waals surface area contributed by atoms with Gasteiger partial charge in [-0.15, -0.1) is 0 Å². The normalized spacial score (nSPS) is 13.8. The predicted molar refractivity (Wildman–Crippen MR) is 133 cm³/mol. The summed E-state index contributed by atoms with van der Waals surface area (Å²) in [5.74, 6) is -0.392. The number of aromatic nitrogens is 2. The first-order valence-corrected chi connectivity index (χ1v) is 13.1. The van der Waals surface area contributed by atoms with Crippen LogP contribution in [0, 0.1) is 11.3 Å². The fourth-order valence-corrected chi connectivity index (χ4v) is 4.72. The van der Waals surface area contributed by atoms with E-state index in [1.807, 2.05) is 6.92 Å². The molecule has 0 spiro atoms. The van der Waals surface area contributed by atoms with Crippen molar-refractivity contribution in [2.24, 2.45) is 11.3 Å². The number of rotatable bonds is 19. The molecule has 33 heavy (non-hydrogen) atoms. The average Bonchev–Trinajstić information content (AvgIpc) is 3.08. The summed E-state index contributed by atoms with van der Waals surface area (Å²) in [6.45, 7) is 12.3. The van der Waals surface area contributed by atoms with Crippen LogP contribution in [0.4, 0.5) is 0 Å². The van der Waals surface area contributed by atoms with Crippen LogP contribution in [0.2, 0.25) is 0 Å². The first-order valence-electron chi connectivity index (χ1n) is 13.1. The summed E-state index contributed by atoms with van der Waals surface area (Å²) in [7, 11) is 0. The molecule has 0 aliphatic heterocycles. The molecule has 1 aromatic rings. The van der Waals surface area contributed by atoms with Crippen LogP contribution in [-0.4, -0.2) is 38.0 Å². The highest BCUT2D eigenvalue weighted by molar-refractivity contribution is 5.66. The topological polar surface area (TPSA) is 93.7 Å². The molecule has 2 unspecified atom stereocenters. The Morgan fingerprint density at radius 1 is 1.06 bits per heavy atom. The van der Waals surface area contributed by atoms with Crippen molar-refractivity contribution in [3.05, 3.63) is 16.7 Å². The van der Waals surface area contributed by atoms with Gasteiger partial charge in [0.1, 0.15) is 0 Å². The molecule has 0 aliphatic carbocycles. The SMILES string of the molecule is CCC(CCCC(CC)OCCCCC(CC)(CC)Cn1c(O)cn(CC)c1=O)CC(=O)O. The van der Waals surface area contributed by atoms with Gasteiger partial charge in [-0.1, -0.05) is 47.0 Å². The number of nitrogens with zero attached hydrogens (tertiary/aromatic N) is 2. The molecule has 0 aromatic carbocycles. The van der Waals surface area contributed by atoms with E-state index in [1.54, 1.807) is 4.57 Å². The fourth-order valence-electron chi connectivity index (χ4n) is 4.72. The first kappa shape index (κ1) is 29.3. The van der Waals surface area contributed by atoms with Crippen LogP contribution in [0.1, 0.15) is 105 Å². The summed E-state index contributed by atoms with van der Waals surface area (Å²) in [4.78, 5) is 23.5. The second-order valence-corrected chi connectivity index (χ2v) is 9.51. The number of ether oxygens (including phenoxy) is 1. The van der Waals surface area contributed by atoms with Gasteiger partial charge < -0.3 is 14.9 Å². The molecule has 7 heteroatoms. The summed E-state index contributed by atoms with van der Waals surface area (Å²) < 4.78 is 9.20. The van der Waals surface area contributed by atoms with Crippen LogP contribution in [0.5, 0.6) is 5.88 Å². The predicted octanol–water partition coefficient (Wildman–Crippen LogP) is 5.82. The number of aliphatic carboxylic acids is 1. The Morgan fingerprint density at radius 3 is 2.27 bits per heavy atom. The Balaban J connectivity index is 2.47. The molecule has 0 aliphatic rings. The van der Waals surface area contributed by atoms with E-state index < -0.39 is 5.97 Å². The molecule has 1 rings (SSSR count). The van der Waals surface area contributed by atoms with E-state index in [2.05, 4.69) is 27.7 Å². The summed E-state index contributed by atoms with van der Waals surface area (Å²) in [6.07, 6.45) is 11.8. The third kappa shape index (κ3) is 9.55. The van der Waals surface area contributed by atoms with E-state index in [9.17, 15) is 14.7 Å². The van der Waals surface area contributed by atoms with Crippen molar-refractivity contribution in [1.29, 1.82) is 0 Å². The molecule has 0 fully saturated rings. The lowest BCUT2D eigenvalue weighted by Crippen LogP contribution is -2.32. The van der Waals surface area contributed by atoms with E-state index in [0.29, 0.717) is 13.1 Å². The Kier molecular flexibility index (Phi) is 13.5. The van der Waals surface area contributed by atoms with Crippen LogP contribution in [0.25, 0.3) is 0 Å². The minimum Gasteiger partial charge on any atom is -0.493 e. The minimum absolute atomic E-state index is 0.00923. The zero-order valence-corrected chi connectivity index (χ0v) is 21.6. The zero-order chi connectivity index (χ0) is 24.9. The van der Waals surface area contributed by atoms with Gasteiger partial charge in [-0.2, -0.15) is 0 Å². The lowest BCUT2D eigenvalue weighted by Gasteiger charge is -2.32. The number of imidazole rings is 1. The molecule has 0 saturated heterocycles. The Labute approximate surface area is 200 Å². The van der Waals surface area contributed by atoms with E-state index in [4.69, 9.17) is 9.84 Å². The largest absolute Gasteiger partial charge is 0.493 e. The number of aryl methyl sites for hydroxylation is 1. The number of carboxylic acids is 1.